The number of phenols is 1. The Bertz CT molecular complexity index is 1960. The Hall–Kier alpha value is -4.89. The molecule has 0 saturated heterocycles. The van der Waals surface area contributed by atoms with E-state index >= 15 is 0 Å². The van der Waals surface area contributed by atoms with Crippen molar-refractivity contribution in [1.82, 2.24) is 14.4 Å². The number of likely N-dealkylation sites (N-methyl/N-ethyl adjacent to an activating group) is 1. The third-order valence-corrected chi connectivity index (χ3v) is 9.42. The minimum absolute atomic E-state index is 0.111. The number of aromatic hydroxyl groups is 1. The van der Waals surface area contributed by atoms with Crippen LogP contribution < -0.4 is 4.90 Å². The molecule has 0 fully saturated rings. The van der Waals surface area contributed by atoms with Gasteiger partial charge in [-0.25, -0.2) is 0 Å². The van der Waals surface area contributed by atoms with Crippen molar-refractivity contribution in [3.63, 3.8) is 0 Å². The molecular weight excluding hydrogens is 636 g/mol. The number of para-hydroxylation sites is 1. The maximum Gasteiger partial charge on any atom is 0.264 e. The predicted octanol–water partition coefficient (Wildman–Crippen LogP) is 7.48. The summed E-state index contributed by atoms with van der Waals surface area (Å²) >= 11 is 6.59. The van der Waals surface area contributed by atoms with Crippen molar-refractivity contribution >= 4 is 34.8 Å². The zero-order valence-corrected chi connectivity index (χ0v) is 29.0. The summed E-state index contributed by atoms with van der Waals surface area (Å²) < 4.78 is 8.03. The molecule has 5 aromatic rings. The fourth-order valence-electron chi connectivity index (χ4n) is 6.37. The first-order valence-electron chi connectivity index (χ1n) is 16.4. The van der Waals surface area contributed by atoms with Gasteiger partial charge in [0.1, 0.15) is 5.75 Å². The van der Waals surface area contributed by atoms with E-state index in [1.165, 1.54) is 5.56 Å². The van der Waals surface area contributed by atoms with Crippen LogP contribution in [0.15, 0.2) is 103 Å². The highest BCUT2D eigenvalue weighted by Crippen LogP contribution is 2.36. The van der Waals surface area contributed by atoms with Gasteiger partial charge in [-0.1, -0.05) is 54.1 Å². The van der Waals surface area contributed by atoms with E-state index in [0.717, 1.165) is 17.8 Å². The highest BCUT2D eigenvalue weighted by molar-refractivity contribution is 6.31. The van der Waals surface area contributed by atoms with Crippen molar-refractivity contribution < 1.29 is 19.4 Å². The number of hydrogen-bond acceptors (Lipinski definition) is 5. The number of carbonyl (C=O) groups excluding carboxylic acids is 2. The number of halogens is 1. The van der Waals surface area contributed by atoms with E-state index in [0.29, 0.717) is 65.0 Å². The summed E-state index contributed by atoms with van der Waals surface area (Å²) in [6.45, 7) is 4.15. The molecule has 9 heteroatoms. The summed E-state index contributed by atoms with van der Waals surface area (Å²) in [6.07, 6.45) is 0.696. The summed E-state index contributed by atoms with van der Waals surface area (Å²) in [5.74, 6) is -0.252. The first-order valence-corrected chi connectivity index (χ1v) is 16.7. The molecule has 1 N–H and O–H groups in total. The molecule has 0 bridgehead atoms. The van der Waals surface area contributed by atoms with Gasteiger partial charge in [0.25, 0.3) is 11.8 Å². The van der Waals surface area contributed by atoms with Crippen molar-refractivity contribution in [3.05, 3.63) is 136 Å². The number of aromatic nitrogens is 1. The van der Waals surface area contributed by atoms with Gasteiger partial charge in [-0.3, -0.25) is 14.5 Å². The molecule has 8 nitrogen and oxygen atoms in total. The number of rotatable bonds is 10. The second-order valence-electron chi connectivity index (χ2n) is 12.7. The quantitative estimate of drug-likeness (QED) is 0.155. The number of hydrogen-bond donors (Lipinski definition) is 1. The standard InChI is InChI=1S/C40H41ClN4O4/c1-27-36(40(48)45(31-12-6-5-7-13-31)32-15-17-34(46)18-16-32)24-38(43(27)4)37-23-30(41)14-19-35(37)39(47)44-25-29-11-9-8-10-28(29)22-33(44)26-49-21-20-42(2)3/h5-19,23-24,33,46H,20-22,25-26H2,1-4H3/t33-/m0/s1. The van der Waals surface area contributed by atoms with Crippen LogP contribution >= 0.6 is 11.6 Å². The summed E-state index contributed by atoms with van der Waals surface area (Å²) in [7, 11) is 5.91. The van der Waals surface area contributed by atoms with Gasteiger partial charge >= 0.3 is 0 Å². The lowest BCUT2D eigenvalue weighted by molar-refractivity contribution is 0.0341. The Labute approximate surface area is 292 Å². The van der Waals surface area contributed by atoms with Crippen molar-refractivity contribution in [3.8, 4) is 17.0 Å². The lowest BCUT2D eigenvalue weighted by Gasteiger charge is -2.37. The number of anilines is 2. The molecule has 252 valence electrons. The molecule has 1 atom stereocenters. The molecule has 1 aromatic heterocycles. The molecule has 49 heavy (non-hydrogen) atoms. The lowest BCUT2D eigenvalue weighted by Crippen LogP contribution is -2.47. The van der Waals surface area contributed by atoms with E-state index in [2.05, 4.69) is 17.0 Å². The van der Waals surface area contributed by atoms with Crippen LogP contribution in [0.5, 0.6) is 5.75 Å². The lowest BCUT2D eigenvalue weighted by atomic mass is 9.93. The van der Waals surface area contributed by atoms with Gasteiger partial charge in [0.15, 0.2) is 0 Å². The van der Waals surface area contributed by atoms with Crippen LogP contribution in [0.1, 0.15) is 37.5 Å². The normalized spacial score (nSPS) is 14.2. The highest BCUT2D eigenvalue weighted by atomic mass is 35.5. The minimum Gasteiger partial charge on any atom is -0.508 e. The van der Waals surface area contributed by atoms with Crippen LogP contribution in [-0.4, -0.2) is 71.2 Å². The summed E-state index contributed by atoms with van der Waals surface area (Å²) in [6, 6.07) is 31.2. The van der Waals surface area contributed by atoms with E-state index in [1.54, 1.807) is 47.4 Å². The molecule has 6 rings (SSSR count). The Kier molecular flexibility index (Phi) is 10.2. The molecule has 4 aromatic carbocycles. The highest BCUT2D eigenvalue weighted by Gasteiger charge is 2.33. The van der Waals surface area contributed by atoms with Crippen LogP contribution in [0.25, 0.3) is 11.3 Å². The fraction of sp³-hybridized carbons (Fsp3) is 0.250. The van der Waals surface area contributed by atoms with Gasteiger partial charge < -0.3 is 24.2 Å². The molecule has 1 aliphatic rings. The molecule has 0 saturated carbocycles. The minimum atomic E-state index is -0.242. The van der Waals surface area contributed by atoms with Crippen LogP contribution in [0.4, 0.5) is 11.4 Å². The SMILES string of the molecule is Cc1c(C(=O)N(c2ccccc2)c2ccc(O)cc2)cc(-c2cc(Cl)ccc2C(=O)N2Cc3ccccc3C[C@H]2COCCN(C)C)n1C. The number of ether oxygens (including phenoxy) is 1. The van der Waals surface area contributed by atoms with Gasteiger partial charge in [0.2, 0.25) is 0 Å². The monoisotopic (exact) mass is 676 g/mol. The molecule has 2 heterocycles. The zero-order chi connectivity index (χ0) is 34.7. The Morgan fingerprint density at radius 1 is 0.878 bits per heavy atom. The first kappa shape index (κ1) is 34.0. The molecule has 1 aliphatic heterocycles. The van der Waals surface area contributed by atoms with Crippen molar-refractivity contribution in [2.75, 3.05) is 38.8 Å². The van der Waals surface area contributed by atoms with Gasteiger partial charge in [-0.05, 0) is 99.2 Å². The maximum atomic E-state index is 14.6. The third kappa shape index (κ3) is 7.27. The topological polar surface area (TPSA) is 78.2 Å². The largest absolute Gasteiger partial charge is 0.508 e. The summed E-state index contributed by atoms with van der Waals surface area (Å²) in [4.78, 5) is 34.7. The zero-order valence-electron chi connectivity index (χ0n) is 28.3. The molecule has 0 radical (unpaired) electrons. The number of amides is 2. The summed E-state index contributed by atoms with van der Waals surface area (Å²) in [5.41, 5.74) is 6.69. The predicted molar refractivity (Wildman–Crippen MR) is 195 cm³/mol. The number of benzene rings is 4. The summed E-state index contributed by atoms with van der Waals surface area (Å²) in [5, 5.41) is 10.4. The molecular formula is C40H41ClN4O4. The van der Waals surface area contributed by atoms with Gasteiger partial charge in [0, 0.05) is 59.0 Å². The van der Waals surface area contributed by atoms with Gasteiger partial charge in [0.05, 0.1) is 24.8 Å². The smallest absolute Gasteiger partial charge is 0.264 e. The van der Waals surface area contributed by atoms with Crippen LogP contribution in [0.2, 0.25) is 5.02 Å². The molecule has 2 amide bonds. The average molecular weight is 677 g/mol. The number of carbonyl (C=O) groups is 2. The average Bonchev–Trinajstić information content (AvgIpc) is 3.40. The second kappa shape index (κ2) is 14.7. The van der Waals surface area contributed by atoms with E-state index < -0.39 is 0 Å². The molecule has 0 aliphatic carbocycles. The Balaban J connectivity index is 1.38. The van der Waals surface area contributed by atoms with E-state index in [1.807, 2.05) is 86.1 Å². The number of phenolic OH excluding ortho intramolecular Hbond substituents is 1. The van der Waals surface area contributed by atoms with Crippen molar-refractivity contribution in [2.45, 2.75) is 25.9 Å². The van der Waals surface area contributed by atoms with Crippen molar-refractivity contribution in [1.29, 1.82) is 0 Å². The van der Waals surface area contributed by atoms with Gasteiger partial charge in [-0.2, -0.15) is 0 Å². The van der Waals surface area contributed by atoms with Gasteiger partial charge in [-0.15, -0.1) is 0 Å². The number of fused-ring (bicyclic) bond motifs is 1. The molecule has 0 spiro atoms. The van der Waals surface area contributed by atoms with Crippen molar-refractivity contribution in [2.24, 2.45) is 7.05 Å². The van der Waals surface area contributed by atoms with E-state index in [-0.39, 0.29) is 23.6 Å². The van der Waals surface area contributed by atoms with Crippen LogP contribution in [0.3, 0.4) is 0 Å². The first-order chi connectivity index (χ1) is 23.6. The number of nitrogens with zero attached hydrogens (tertiary/aromatic N) is 4. The van der Waals surface area contributed by atoms with Crippen LogP contribution in [0, 0.1) is 6.92 Å². The Morgan fingerprint density at radius 2 is 1.55 bits per heavy atom. The van der Waals surface area contributed by atoms with E-state index in [4.69, 9.17) is 16.3 Å². The Morgan fingerprint density at radius 3 is 2.27 bits per heavy atom. The fourth-order valence-corrected chi connectivity index (χ4v) is 6.54. The van der Waals surface area contributed by atoms with E-state index in [9.17, 15) is 14.7 Å². The third-order valence-electron chi connectivity index (χ3n) is 9.19. The second-order valence-corrected chi connectivity index (χ2v) is 13.1. The molecule has 0 unspecified atom stereocenters. The van der Waals surface area contributed by atoms with Crippen LogP contribution in [-0.2, 0) is 24.8 Å². The maximum absolute atomic E-state index is 14.6.